The first kappa shape index (κ1) is 74.1. The van der Waals surface area contributed by atoms with Gasteiger partial charge in [0.2, 0.25) is 0 Å². The molecule has 0 saturated heterocycles. The van der Waals surface area contributed by atoms with E-state index in [4.69, 9.17) is 37.0 Å². The van der Waals surface area contributed by atoms with Crippen LogP contribution in [0.1, 0.15) is 285 Å². The topological polar surface area (TPSA) is 237 Å². The molecule has 450 valence electrons. The van der Waals surface area contributed by atoms with E-state index in [2.05, 4.69) is 27.7 Å². The molecule has 0 aliphatic carbocycles. The van der Waals surface area contributed by atoms with E-state index in [1.807, 2.05) is 0 Å². The highest BCUT2D eigenvalue weighted by atomic mass is 31.2. The molecule has 0 saturated carbocycles. The lowest BCUT2D eigenvalue weighted by Gasteiger charge is -2.21. The van der Waals surface area contributed by atoms with Crippen LogP contribution < -0.4 is 0 Å². The minimum Gasteiger partial charge on any atom is -0.462 e. The van der Waals surface area contributed by atoms with E-state index < -0.39 is 97.5 Å². The number of carbonyl (C=O) groups is 4. The molecule has 0 aromatic carbocycles. The van der Waals surface area contributed by atoms with E-state index in [1.54, 1.807) is 0 Å². The van der Waals surface area contributed by atoms with Crippen LogP contribution in [0.3, 0.4) is 0 Å². The second-order valence-electron chi connectivity index (χ2n) is 20.7. The predicted octanol–water partition coefficient (Wildman–Crippen LogP) is 15.2. The Hall–Kier alpha value is -1.94. The first-order chi connectivity index (χ1) is 36.7. The summed E-state index contributed by atoms with van der Waals surface area (Å²) in [4.78, 5) is 71.3. The highest BCUT2D eigenvalue weighted by Gasteiger charge is 2.30. The van der Waals surface area contributed by atoms with E-state index >= 15 is 0 Å². The lowest BCUT2D eigenvalue weighted by atomic mass is 10.0. The fourth-order valence-electron chi connectivity index (χ4n) is 8.40. The van der Waals surface area contributed by atoms with Crippen LogP contribution in [0.25, 0.3) is 0 Å². The lowest BCUT2D eigenvalue weighted by Crippen LogP contribution is -2.30. The summed E-state index contributed by atoms with van der Waals surface area (Å²) in [6.45, 7) is 4.63. The zero-order valence-corrected chi connectivity index (χ0v) is 50.0. The third-order valence-corrected chi connectivity index (χ3v) is 15.0. The molecule has 0 aromatic heterocycles. The maximum absolute atomic E-state index is 12.9. The number of ether oxygens (including phenoxy) is 4. The summed E-state index contributed by atoms with van der Waals surface area (Å²) in [5.74, 6) is -2.17. The number of esters is 4. The number of unbranched alkanes of at least 4 members (excludes halogenated alkanes) is 32. The molecule has 0 heterocycles. The van der Waals surface area contributed by atoms with Gasteiger partial charge in [0.05, 0.1) is 26.4 Å². The van der Waals surface area contributed by atoms with Crippen molar-refractivity contribution in [3.05, 3.63) is 0 Å². The fraction of sp³-hybridized carbons (Fsp3) is 0.930. The number of carbonyl (C=O) groups excluding carboxylic acids is 4. The molecule has 76 heavy (non-hydrogen) atoms. The summed E-state index contributed by atoms with van der Waals surface area (Å²) >= 11 is 0. The standard InChI is InChI=1S/C57H110O17P2/c1-5-9-13-17-19-21-22-23-24-25-26-27-28-29-30-32-36-40-44-57(62)74-53(48-68-55(60)42-38-35-31-20-18-14-10-6-2)50-72-76(65,66)70-46-51(58)45-69-75(63,64)71-49-52(73-56(61)43-39-34-16-12-8-4)47-67-54(59)41-37-33-15-11-7-3/h51-53,58H,5-50H2,1-4H3,(H,63,64)(H,65,66)/t51-,52+,53+/m0/s1. The Bertz CT molecular complexity index is 1490. The Morgan fingerprint density at radius 2 is 0.526 bits per heavy atom. The monoisotopic (exact) mass is 1130 g/mol. The summed E-state index contributed by atoms with van der Waals surface area (Å²) in [6, 6.07) is 0. The third-order valence-electron chi connectivity index (χ3n) is 13.1. The van der Waals surface area contributed by atoms with Crippen LogP contribution in [-0.2, 0) is 65.4 Å². The van der Waals surface area contributed by atoms with E-state index in [9.17, 15) is 43.2 Å². The van der Waals surface area contributed by atoms with Crippen LogP contribution in [0.5, 0.6) is 0 Å². The van der Waals surface area contributed by atoms with Gasteiger partial charge in [-0.2, -0.15) is 0 Å². The number of aliphatic hydroxyl groups excluding tert-OH is 1. The van der Waals surface area contributed by atoms with Crippen LogP contribution in [-0.4, -0.2) is 96.7 Å². The summed E-state index contributed by atoms with van der Waals surface area (Å²) in [5, 5.41) is 10.4. The summed E-state index contributed by atoms with van der Waals surface area (Å²) in [5.41, 5.74) is 0. The largest absolute Gasteiger partial charge is 0.472 e. The van der Waals surface area contributed by atoms with Crippen LogP contribution in [0.4, 0.5) is 0 Å². The van der Waals surface area contributed by atoms with Gasteiger partial charge in [0.1, 0.15) is 19.3 Å². The molecule has 17 nitrogen and oxygen atoms in total. The molecule has 19 heteroatoms. The number of hydrogen-bond acceptors (Lipinski definition) is 15. The van der Waals surface area contributed by atoms with E-state index in [-0.39, 0.29) is 25.7 Å². The van der Waals surface area contributed by atoms with Crippen molar-refractivity contribution in [3.8, 4) is 0 Å². The Balaban J connectivity index is 5.03. The fourth-order valence-corrected chi connectivity index (χ4v) is 9.98. The predicted molar refractivity (Wildman–Crippen MR) is 299 cm³/mol. The van der Waals surface area contributed by atoms with Crippen LogP contribution >= 0.6 is 15.6 Å². The molecule has 2 unspecified atom stereocenters. The van der Waals surface area contributed by atoms with Crippen LogP contribution in [0, 0.1) is 0 Å². The zero-order chi connectivity index (χ0) is 56.2. The van der Waals surface area contributed by atoms with Crippen molar-refractivity contribution in [1.29, 1.82) is 0 Å². The summed E-state index contributed by atoms with van der Waals surface area (Å²) in [6.07, 6.45) is 35.8. The van der Waals surface area contributed by atoms with Gasteiger partial charge in [-0.3, -0.25) is 37.3 Å². The Morgan fingerprint density at radius 1 is 0.316 bits per heavy atom. The Labute approximate surface area is 460 Å². The summed E-state index contributed by atoms with van der Waals surface area (Å²) in [7, 11) is -9.85. The molecular weight excluding hydrogens is 1020 g/mol. The van der Waals surface area contributed by atoms with Gasteiger partial charge in [-0.1, -0.05) is 233 Å². The molecular formula is C57H110O17P2. The van der Waals surface area contributed by atoms with Gasteiger partial charge in [-0.05, 0) is 25.7 Å². The SMILES string of the molecule is CCCCCCCCCCCCCCCCCCCCC(=O)O[C@H](COC(=O)CCCCCCCCCC)COP(=O)(O)OC[C@@H](O)COP(=O)(O)OC[C@@H](COC(=O)CCCCCCC)OC(=O)CCCCCCC. The number of hydrogen-bond donors (Lipinski definition) is 3. The smallest absolute Gasteiger partial charge is 0.462 e. The lowest BCUT2D eigenvalue weighted by molar-refractivity contribution is -0.161. The van der Waals surface area contributed by atoms with Crippen molar-refractivity contribution in [2.45, 2.75) is 303 Å². The highest BCUT2D eigenvalue weighted by molar-refractivity contribution is 7.47. The maximum atomic E-state index is 12.9. The number of phosphoric ester groups is 2. The molecule has 0 aromatic rings. The quantitative estimate of drug-likeness (QED) is 0.0222. The number of rotatable bonds is 58. The Kier molecular flexibility index (Phi) is 51.1. The molecule has 3 N–H and O–H groups in total. The average Bonchev–Trinajstić information content (AvgIpc) is 3.39. The zero-order valence-electron chi connectivity index (χ0n) is 48.2. The van der Waals surface area contributed by atoms with Gasteiger partial charge in [-0.25, -0.2) is 9.13 Å². The van der Waals surface area contributed by atoms with Crippen molar-refractivity contribution in [2.24, 2.45) is 0 Å². The highest BCUT2D eigenvalue weighted by Crippen LogP contribution is 2.45. The van der Waals surface area contributed by atoms with Gasteiger partial charge in [0.25, 0.3) is 0 Å². The molecule has 0 amide bonds. The summed E-state index contributed by atoms with van der Waals surface area (Å²) < 4.78 is 67.2. The van der Waals surface area contributed by atoms with E-state index in [1.165, 1.54) is 103 Å². The minimum absolute atomic E-state index is 0.0990. The molecule has 0 rings (SSSR count). The van der Waals surface area contributed by atoms with Crippen molar-refractivity contribution in [1.82, 2.24) is 0 Å². The number of phosphoric acid groups is 2. The van der Waals surface area contributed by atoms with Gasteiger partial charge in [-0.15, -0.1) is 0 Å². The molecule has 0 fully saturated rings. The van der Waals surface area contributed by atoms with Crippen LogP contribution in [0.15, 0.2) is 0 Å². The first-order valence-electron chi connectivity index (χ1n) is 30.3. The third kappa shape index (κ3) is 51.5. The second-order valence-corrected chi connectivity index (χ2v) is 23.6. The molecule has 0 aliphatic rings. The molecule has 0 bridgehead atoms. The normalized spacial score (nSPS) is 14.4. The Morgan fingerprint density at radius 3 is 0.776 bits per heavy atom. The van der Waals surface area contributed by atoms with Crippen molar-refractivity contribution in [3.63, 3.8) is 0 Å². The molecule has 0 aliphatic heterocycles. The minimum atomic E-state index is -4.93. The van der Waals surface area contributed by atoms with E-state index in [0.29, 0.717) is 25.7 Å². The number of aliphatic hydroxyl groups is 1. The van der Waals surface area contributed by atoms with Gasteiger partial charge < -0.3 is 33.8 Å². The van der Waals surface area contributed by atoms with Crippen molar-refractivity contribution < 1.29 is 80.2 Å². The molecule has 0 spiro atoms. The van der Waals surface area contributed by atoms with Gasteiger partial charge in [0, 0.05) is 25.7 Å². The van der Waals surface area contributed by atoms with Crippen molar-refractivity contribution in [2.75, 3.05) is 39.6 Å². The molecule has 0 radical (unpaired) electrons. The van der Waals surface area contributed by atoms with Gasteiger partial charge in [0.15, 0.2) is 12.2 Å². The van der Waals surface area contributed by atoms with Crippen LogP contribution in [0.2, 0.25) is 0 Å². The average molecular weight is 1130 g/mol. The molecule has 5 atom stereocenters. The maximum Gasteiger partial charge on any atom is 0.472 e. The van der Waals surface area contributed by atoms with Crippen molar-refractivity contribution >= 4 is 39.5 Å². The first-order valence-corrected chi connectivity index (χ1v) is 33.3. The second kappa shape index (κ2) is 52.4. The van der Waals surface area contributed by atoms with E-state index in [0.717, 1.165) is 103 Å². The van der Waals surface area contributed by atoms with Gasteiger partial charge >= 0.3 is 39.5 Å².